The number of aryl methyl sites for hydroxylation is 1. The largest absolute Gasteiger partial charge is 0.508 e. The van der Waals surface area contributed by atoms with Gasteiger partial charge in [-0.25, -0.2) is 13.2 Å². The van der Waals surface area contributed by atoms with E-state index in [0.29, 0.717) is 18.1 Å². The minimum Gasteiger partial charge on any atom is -0.508 e. The van der Waals surface area contributed by atoms with E-state index >= 15 is 0 Å². The molecule has 0 aliphatic rings. The third-order valence-corrected chi connectivity index (χ3v) is 10.8. The lowest BCUT2D eigenvalue weighted by Gasteiger charge is -2.20. The number of carbonyl (C=O) groups is 2. The van der Waals surface area contributed by atoms with Gasteiger partial charge in [-0.15, -0.1) is 0 Å². The second kappa shape index (κ2) is 13.8. The number of carboxylic acid groups (broad SMARTS) is 1. The highest BCUT2D eigenvalue weighted by Gasteiger charge is 2.25. The maximum absolute atomic E-state index is 13.1. The lowest BCUT2D eigenvalue weighted by atomic mass is 10.0. The summed E-state index contributed by atoms with van der Waals surface area (Å²) in [5.74, 6) is -1.83. The number of halogens is 2. The standard InChI is InChI=1S/C31H28Cl2NO7PS/c1-43(40,41)25-10-2-5-19(13-25)16-28(31(38)39)34-30(37)29-26(32)14-20(15-27(29)33)11-12-42(23-8-3-6-21(35)17-23)24-9-4-7-22(36)18-24/h2-10,13-15,17-18,28,35-36H,11-12,16H2,1H3,(H,34,37)(H,38,39). The van der Waals surface area contributed by atoms with E-state index in [2.05, 4.69) is 5.32 Å². The van der Waals surface area contributed by atoms with Gasteiger partial charge in [0.2, 0.25) is 0 Å². The van der Waals surface area contributed by atoms with Gasteiger partial charge < -0.3 is 20.6 Å². The number of nitrogens with one attached hydrogen (secondary N) is 1. The zero-order chi connectivity index (χ0) is 31.3. The fourth-order valence-electron chi connectivity index (χ4n) is 4.53. The van der Waals surface area contributed by atoms with Crippen molar-refractivity contribution < 1.29 is 33.3 Å². The summed E-state index contributed by atoms with van der Waals surface area (Å²) >= 11 is 13.0. The van der Waals surface area contributed by atoms with Crippen LogP contribution in [0, 0.1) is 0 Å². The molecule has 224 valence electrons. The average Bonchev–Trinajstić information content (AvgIpc) is 2.92. The molecule has 4 aromatic carbocycles. The van der Waals surface area contributed by atoms with Crippen LogP contribution in [0.4, 0.5) is 0 Å². The van der Waals surface area contributed by atoms with Crippen LogP contribution in [0.3, 0.4) is 0 Å². The van der Waals surface area contributed by atoms with Crippen LogP contribution in [0.2, 0.25) is 10.0 Å². The number of aromatic hydroxyl groups is 2. The molecule has 8 nitrogen and oxygen atoms in total. The van der Waals surface area contributed by atoms with Crippen molar-refractivity contribution in [2.45, 2.75) is 23.8 Å². The van der Waals surface area contributed by atoms with Crippen molar-refractivity contribution in [1.29, 1.82) is 0 Å². The molecule has 4 aromatic rings. The molecule has 0 aliphatic carbocycles. The number of hydrogen-bond acceptors (Lipinski definition) is 6. The number of amides is 1. The Hall–Kier alpha value is -3.62. The van der Waals surface area contributed by atoms with Gasteiger partial charge in [0.1, 0.15) is 17.5 Å². The SMILES string of the molecule is CS(=O)(=O)c1cccc(CC(NC(=O)c2c(Cl)cc(CCP(c3cccc(O)c3)c3cccc(O)c3)cc2Cl)C(=O)O)c1. The van der Waals surface area contributed by atoms with Gasteiger partial charge in [-0.2, -0.15) is 0 Å². The molecule has 1 unspecified atom stereocenters. The zero-order valence-electron chi connectivity index (χ0n) is 22.9. The molecule has 0 aromatic heterocycles. The van der Waals surface area contributed by atoms with E-state index < -0.39 is 35.7 Å². The maximum atomic E-state index is 13.1. The predicted molar refractivity (Wildman–Crippen MR) is 170 cm³/mol. The highest BCUT2D eigenvalue weighted by atomic mass is 35.5. The highest BCUT2D eigenvalue weighted by Crippen LogP contribution is 2.37. The Morgan fingerprint density at radius 3 is 1.91 bits per heavy atom. The number of phenols is 2. The summed E-state index contributed by atoms with van der Waals surface area (Å²) in [6.07, 6.45) is 2.02. The van der Waals surface area contributed by atoms with Gasteiger partial charge in [-0.05, 0) is 90.8 Å². The van der Waals surface area contributed by atoms with Crippen LogP contribution in [0.15, 0.2) is 89.8 Å². The molecule has 1 atom stereocenters. The molecule has 4 rings (SSSR count). The zero-order valence-corrected chi connectivity index (χ0v) is 26.1. The summed E-state index contributed by atoms with van der Waals surface area (Å²) < 4.78 is 23.8. The lowest BCUT2D eigenvalue weighted by molar-refractivity contribution is -0.139. The second-order valence-electron chi connectivity index (χ2n) is 9.86. The number of hydrogen-bond donors (Lipinski definition) is 4. The molecule has 0 saturated carbocycles. The summed E-state index contributed by atoms with van der Waals surface area (Å²) in [5, 5.41) is 34.2. The maximum Gasteiger partial charge on any atom is 0.326 e. The van der Waals surface area contributed by atoms with Gasteiger partial charge in [-0.1, -0.05) is 59.6 Å². The van der Waals surface area contributed by atoms with Crippen LogP contribution in [0.1, 0.15) is 21.5 Å². The van der Waals surface area contributed by atoms with Crippen LogP contribution in [-0.2, 0) is 27.5 Å². The van der Waals surface area contributed by atoms with Crippen molar-refractivity contribution in [3.63, 3.8) is 0 Å². The van der Waals surface area contributed by atoms with Crippen molar-refractivity contribution in [3.8, 4) is 11.5 Å². The number of sulfone groups is 1. The number of benzene rings is 4. The Kier molecular flexibility index (Phi) is 10.4. The summed E-state index contributed by atoms with van der Waals surface area (Å²) in [5.41, 5.74) is 1.08. The van der Waals surface area contributed by atoms with E-state index in [-0.39, 0.29) is 38.4 Å². The van der Waals surface area contributed by atoms with Gasteiger partial charge in [0.05, 0.1) is 20.5 Å². The molecule has 0 aliphatic heterocycles. The minimum atomic E-state index is -3.50. The summed E-state index contributed by atoms with van der Waals surface area (Å²) in [6.45, 7) is 0. The van der Waals surface area contributed by atoms with Crippen LogP contribution in [0.5, 0.6) is 11.5 Å². The first-order chi connectivity index (χ1) is 20.3. The predicted octanol–water partition coefficient (Wildman–Crippen LogP) is 4.91. The summed E-state index contributed by atoms with van der Waals surface area (Å²) in [6, 6.07) is 21.6. The van der Waals surface area contributed by atoms with Crippen LogP contribution >= 0.6 is 31.1 Å². The number of rotatable bonds is 11. The Balaban J connectivity index is 1.53. The van der Waals surface area contributed by atoms with Crippen molar-refractivity contribution in [2.24, 2.45) is 0 Å². The molecule has 0 bridgehead atoms. The molecule has 0 saturated heterocycles. The van der Waals surface area contributed by atoms with Crippen molar-refractivity contribution >= 4 is 63.4 Å². The topological polar surface area (TPSA) is 141 Å². The second-order valence-corrected chi connectivity index (χ2v) is 15.0. The number of aliphatic carboxylic acids is 1. The Morgan fingerprint density at radius 1 is 0.837 bits per heavy atom. The average molecular weight is 661 g/mol. The van der Waals surface area contributed by atoms with E-state index in [1.54, 1.807) is 54.6 Å². The molecule has 0 heterocycles. The molecule has 0 radical (unpaired) electrons. The molecule has 12 heteroatoms. The van der Waals surface area contributed by atoms with E-state index in [1.165, 1.54) is 18.2 Å². The third kappa shape index (κ3) is 8.48. The lowest BCUT2D eigenvalue weighted by Crippen LogP contribution is -2.42. The van der Waals surface area contributed by atoms with Gasteiger partial charge in [0, 0.05) is 12.7 Å². The fraction of sp³-hybridized carbons (Fsp3) is 0.161. The Labute approximate surface area is 260 Å². The van der Waals surface area contributed by atoms with Crippen LogP contribution in [-0.4, -0.2) is 54.1 Å². The van der Waals surface area contributed by atoms with E-state index in [4.69, 9.17) is 23.2 Å². The normalized spacial score (nSPS) is 12.2. The molecule has 1 amide bonds. The first-order valence-corrected chi connectivity index (χ1v) is 17.2. The van der Waals surface area contributed by atoms with Gasteiger partial charge >= 0.3 is 5.97 Å². The first-order valence-electron chi connectivity index (χ1n) is 13.0. The van der Waals surface area contributed by atoms with Gasteiger partial charge in [0.25, 0.3) is 5.91 Å². The molecule has 0 spiro atoms. The molecular formula is C31H28Cl2NO7PS. The van der Waals surface area contributed by atoms with Crippen molar-refractivity contribution in [1.82, 2.24) is 5.32 Å². The van der Waals surface area contributed by atoms with E-state index in [1.807, 2.05) is 12.1 Å². The Morgan fingerprint density at radius 2 is 1.40 bits per heavy atom. The molecular weight excluding hydrogens is 632 g/mol. The third-order valence-electron chi connectivity index (χ3n) is 6.61. The van der Waals surface area contributed by atoms with Gasteiger partial charge in [0.15, 0.2) is 9.84 Å². The first kappa shape index (κ1) is 32.3. The summed E-state index contributed by atoms with van der Waals surface area (Å²) in [4.78, 5) is 25.2. The van der Waals surface area contributed by atoms with Crippen molar-refractivity contribution in [3.05, 3.63) is 112 Å². The monoisotopic (exact) mass is 659 g/mol. The molecule has 43 heavy (non-hydrogen) atoms. The molecule has 0 fully saturated rings. The van der Waals surface area contributed by atoms with Crippen LogP contribution < -0.4 is 15.9 Å². The van der Waals surface area contributed by atoms with E-state index in [9.17, 15) is 33.3 Å². The van der Waals surface area contributed by atoms with Crippen LogP contribution in [0.25, 0.3) is 0 Å². The van der Waals surface area contributed by atoms with Gasteiger partial charge in [-0.3, -0.25) is 4.79 Å². The molecule has 4 N–H and O–H groups in total. The van der Waals surface area contributed by atoms with E-state index in [0.717, 1.165) is 22.4 Å². The number of carboxylic acids is 1. The highest BCUT2D eigenvalue weighted by molar-refractivity contribution is 7.90. The summed E-state index contributed by atoms with van der Waals surface area (Å²) in [7, 11) is -4.49. The quantitative estimate of drug-likeness (QED) is 0.168. The fourth-order valence-corrected chi connectivity index (χ4v) is 8.33. The minimum absolute atomic E-state index is 0.0407. The Bertz CT molecular complexity index is 1710. The smallest absolute Gasteiger partial charge is 0.326 e. The number of carbonyl (C=O) groups excluding carboxylic acids is 1. The number of phenolic OH excluding ortho intramolecular Hbond substituents is 2. The van der Waals surface area contributed by atoms with Crippen molar-refractivity contribution in [2.75, 3.05) is 12.4 Å².